The van der Waals surface area contributed by atoms with Crippen LogP contribution in [0.2, 0.25) is 0 Å². The van der Waals surface area contributed by atoms with Gasteiger partial charge in [0.05, 0.1) is 39.9 Å². The molecule has 0 saturated carbocycles. The van der Waals surface area contributed by atoms with Crippen LogP contribution in [0.25, 0.3) is 0 Å². The largest absolute Gasteiger partial charge is 0.472 e. The maximum Gasteiger partial charge on any atom is 0.472 e. The average molecular weight is 1050 g/mol. The number of nitrogens with one attached hydrogen (secondary N) is 1. The van der Waals surface area contributed by atoms with Crippen molar-refractivity contribution in [1.82, 2.24) is 5.32 Å². The number of rotatable bonds is 60. The molecule has 9 heteroatoms. The van der Waals surface area contributed by atoms with Gasteiger partial charge in [-0.3, -0.25) is 13.8 Å². The Morgan fingerprint density at radius 2 is 0.781 bits per heavy atom. The molecular formula is C64H128N2O6P+. The first-order valence-corrected chi connectivity index (χ1v) is 33.7. The van der Waals surface area contributed by atoms with E-state index in [2.05, 4.69) is 43.5 Å². The number of aliphatic hydroxyl groups is 1. The topological polar surface area (TPSA) is 105 Å². The highest BCUT2D eigenvalue weighted by Crippen LogP contribution is 2.43. The van der Waals surface area contributed by atoms with E-state index < -0.39 is 20.0 Å². The summed E-state index contributed by atoms with van der Waals surface area (Å²) in [5, 5.41) is 14.1. The van der Waals surface area contributed by atoms with E-state index in [1.807, 2.05) is 21.1 Å². The third kappa shape index (κ3) is 58.5. The molecule has 0 bridgehead atoms. The van der Waals surface area contributed by atoms with E-state index in [4.69, 9.17) is 9.05 Å². The number of phosphoric ester groups is 1. The molecule has 0 aromatic rings. The quantitative estimate of drug-likeness (QED) is 0.0243. The molecule has 3 atom stereocenters. The van der Waals surface area contributed by atoms with Crippen LogP contribution in [-0.2, 0) is 18.4 Å². The van der Waals surface area contributed by atoms with Crippen molar-refractivity contribution in [1.29, 1.82) is 0 Å². The number of carbonyl (C=O) groups excluding carboxylic acids is 1. The lowest BCUT2D eigenvalue weighted by Crippen LogP contribution is -2.46. The first-order valence-electron chi connectivity index (χ1n) is 32.2. The number of allylic oxidation sites excluding steroid dienone is 4. The van der Waals surface area contributed by atoms with Crippen molar-refractivity contribution in [2.24, 2.45) is 0 Å². The van der Waals surface area contributed by atoms with E-state index >= 15 is 0 Å². The SMILES string of the molecule is CCCCCCC/C=C\C/C=C\CCCCCCCCCCCCCCCCCCCCCCCCCCCC(=O)NC(COP(=O)(O)OCC[N+](C)(C)C)C(O)CCCCCCCCCCCCCCCC. The number of hydrogen-bond donors (Lipinski definition) is 3. The van der Waals surface area contributed by atoms with Crippen molar-refractivity contribution >= 4 is 13.7 Å². The number of unbranched alkanes of at least 4 members (excludes halogenated alkanes) is 43. The Labute approximate surface area is 455 Å². The van der Waals surface area contributed by atoms with Gasteiger partial charge in [-0.2, -0.15) is 0 Å². The molecule has 0 saturated heterocycles. The van der Waals surface area contributed by atoms with Crippen LogP contribution in [0.3, 0.4) is 0 Å². The van der Waals surface area contributed by atoms with Crippen molar-refractivity contribution in [3.8, 4) is 0 Å². The summed E-state index contributed by atoms with van der Waals surface area (Å²) in [5.41, 5.74) is 0. The zero-order valence-corrected chi connectivity index (χ0v) is 50.5. The zero-order chi connectivity index (χ0) is 53.5. The maximum atomic E-state index is 13.0. The Kier molecular flexibility index (Phi) is 54.9. The molecule has 0 spiro atoms. The maximum absolute atomic E-state index is 13.0. The lowest BCUT2D eigenvalue weighted by atomic mass is 10.0. The lowest BCUT2D eigenvalue weighted by molar-refractivity contribution is -0.870. The van der Waals surface area contributed by atoms with Crippen LogP contribution in [0.15, 0.2) is 24.3 Å². The summed E-state index contributed by atoms with van der Waals surface area (Å²) >= 11 is 0. The summed E-state index contributed by atoms with van der Waals surface area (Å²) in [6.07, 6.45) is 71.3. The van der Waals surface area contributed by atoms with Gasteiger partial charge in [0.25, 0.3) is 0 Å². The van der Waals surface area contributed by atoms with Gasteiger partial charge in [-0.15, -0.1) is 0 Å². The highest BCUT2D eigenvalue weighted by atomic mass is 31.2. The minimum atomic E-state index is -4.32. The number of quaternary nitrogens is 1. The minimum Gasteiger partial charge on any atom is -0.391 e. The standard InChI is InChI=1S/C64H127N2O6P/c1-6-8-10-12-14-16-18-20-22-23-24-25-26-27-28-29-30-31-32-33-34-35-36-37-38-39-40-41-42-43-44-46-48-50-52-54-56-58-64(68)65-62(61-72-73(69,70)71-60-59-66(3,4)5)63(67)57-55-53-51-49-47-45-21-19-17-15-13-11-9-7-2/h18,20,23-24,62-63,67H,6-17,19,21-22,25-61H2,1-5H3,(H-,65,68,69,70)/p+1/b20-18-,24-23-. The van der Waals surface area contributed by atoms with Gasteiger partial charge >= 0.3 is 7.82 Å². The molecule has 0 radical (unpaired) electrons. The molecule has 434 valence electrons. The number of aliphatic hydroxyl groups excluding tert-OH is 1. The summed E-state index contributed by atoms with van der Waals surface area (Å²) in [5.74, 6) is -0.138. The number of phosphoric acid groups is 1. The van der Waals surface area contributed by atoms with Gasteiger partial charge in [0.1, 0.15) is 13.2 Å². The van der Waals surface area contributed by atoms with Crippen LogP contribution in [0.4, 0.5) is 0 Å². The van der Waals surface area contributed by atoms with Crippen LogP contribution in [0.1, 0.15) is 328 Å². The molecule has 0 rings (SSSR count). The fourth-order valence-electron chi connectivity index (χ4n) is 9.90. The Morgan fingerprint density at radius 1 is 0.466 bits per heavy atom. The van der Waals surface area contributed by atoms with Gasteiger partial charge in [0.2, 0.25) is 5.91 Å². The molecule has 0 heterocycles. The van der Waals surface area contributed by atoms with Crippen molar-refractivity contribution in [2.75, 3.05) is 40.9 Å². The second kappa shape index (κ2) is 55.7. The molecule has 3 N–H and O–H groups in total. The fraction of sp³-hybridized carbons (Fsp3) is 0.922. The molecule has 8 nitrogen and oxygen atoms in total. The number of carbonyl (C=O) groups is 1. The van der Waals surface area contributed by atoms with Crippen LogP contribution < -0.4 is 5.32 Å². The molecule has 0 fully saturated rings. The van der Waals surface area contributed by atoms with E-state index in [1.54, 1.807) is 0 Å². The molecule has 73 heavy (non-hydrogen) atoms. The predicted molar refractivity (Wildman–Crippen MR) is 318 cm³/mol. The second-order valence-electron chi connectivity index (χ2n) is 23.5. The Bertz CT molecular complexity index is 1240. The zero-order valence-electron chi connectivity index (χ0n) is 49.7. The highest BCUT2D eigenvalue weighted by Gasteiger charge is 2.28. The van der Waals surface area contributed by atoms with E-state index in [0.717, 1.165) is 44.9 Å². The molecule has 0 aromatic heterocycles. The van der Waals surface area contributed by atoms with Crippen LogP contribution in [-0.4, -0.2) is 73.4 Å². The fourth-order valence-corrected chi connectivity index (χ4v) is 10.6. The van der Waals surface area contributed by atoms with Gasteiger partial charge < -0.3 is 19.8 Å². The van der Waals surface area contributed by atoms with Gasteiger partial charge in [0.15, 0.2) is 0 Å². The molecule has 0 aliphatic rings. The Morgan fingerprint density at radius 3 is 1.12 bits per heavy atom. The van der Waals surface area contributed by atoms with E-state index in [9.17, 15) is 19.4 Å². The van der Waals surface area contributed by atoms with Gasteiger partial charge in [0, 0.05) is 6.42 Å². The molecule has 3 unspecified atom stereocenters. The lowest BCUT2D eigenvalue weighted by Gasteiger charge is -2.26. The Hall–Kier alpha value is -1.02. The third-order valence-corrected chi connectivity index (χ3v) is 15.9. The summed E-state index contributed by atoms with van der Waals surface area (Å²) in [6.45, 7) is 4.92. The van der Waals surface area contributed by atoms with Crippen molar-refractivity contribution < 1.29 is 32.9 Å². The van der Waals surface area contributed by atoms with E-state index in [-0.39, 0.29) is 19.1 Å². The average Bonchev–Trinajstić information content (AvgIpc) is 3.35. The number of amides is 1. The molecule has 0 aliphatic heterocycles. The van der Waals surface area contributed by atoms with Crippen LogP contribution in [0, 0.1) is 0 Å². The highest BCUT2D eigenvalue weighted by molar-refractivity contribution is 7.47. The minimum absolute atomic E-state index is 0.0777. The summed E-state index contributed by atoms with van der Waals surface area (Å²) < 4.78 is 23.8. The monoisotopic (exact) mass is 1050 g/mol. The third-order valence-electron chi connectivity index (χ3n) is 15.0. The Balaban J connectivity index is 3.87. The van der Waals surface area contributed by atoms with E-state index in [1.165, 1.54) is 257 Å². The van der Waals surface area contributed by atoms with Crippen molar-refractivity contribution in [2.45, 2.75) is 341 Å². The van der Waals surface area contributed by atoms with Crippen LogP contribution in [0.5, 0.6) is 0 Å². The van der Waals surface area contributed by atoms with E-state index in [0.29, 0.717) is 23.9 Å². The first kappa shape index (κ1) is 72.0. The van der Waals surface area contributed by atoms with Crippen molar-refractivity contribution in [3.05, 3.63) is 24.3 Å². The van der Waals surface area contributed by atoms with Gasteiger partial charge in [-0.05, 0) is 44.9 Å². The molecule has 0 aromatic carbocycles. The summed E-state index contributed by atoms with van der Waals surface area (Å²) in [4.78, 5) is 23.3. The first-order chi connectivity index (χ1) is 35.5. The number of likely N-dealkylation sites (N-methyl/N-ethyl adjacent to an activating group) is 1. The molecule has 0 aliphatic carbocycles. The predicted octanol–water partition coefficient (Wildman–Crippen LogP) is 19.9. The van der Waals surface area contributed by atoms with Gasteiger partial charge in [-0.1, -0.05) is 301 Å². The normalized spacial score (nSPS) is 13.9. The number of hydrogen-bond acceptors (Lipinski definition) is 5. The molecule has 1 amide bonds. The smallest absolute Gasteiger partial charge is 0.391 e. The molecular weight excluding hydrogens is 924 g/mol. The van der Waals surface area contributed by atoms with Crippen molar-refractivity contribution in [3.63, 3.8) is 0 Å². The van der Waals surface area contributed by atoms with Gasteiger partial charge in [-0.25, -0.2) is 4.57 Å². The summed E-state index contributed by atoms with van der Waals surface area (Å²) in [6, 6.07) is -0.757. The second-order valence-corrected chi connectivity index (χ2v) is 25.0. The summed E-state index contributed by atoms with van der Waals surface area (Å²) in [7, 11) is 1.63. The van der Waals surface area contributed by atoms with Crippen LogP contribution >= 0.6 is 7.82 Å². The number of nitrogens with zero attached hydrogens (tertiary/aromatic N) is 1.